The maximum absolute atomic E-state index is 12.1. The SMILES string of the molecule is CCCCCC/C=C\CCCCCCCCCC(=O)N[C@@H]1O[C@H](CO)[C@@H](O)[C@H](O)[C@H]1O. The molecule has 1 saturated heterocycles. The molecule has 5 N–H and O–H groups in total. The van der Waals surface area contributed by atoms with Crippen LogP contribution in [0.3, 0.4) is 0 Å². The zero-order chi connectivity index (χ0) is 22.9. The van der Waals surface area contributed by atoms with E-state index in [0.29, 0.717) is 6.42 Å². The molecular formula is C24H45NO6. The van der Waals surface area contributed by atoms with E-state index in [9.17, 15) is 25.2 Å². The predicted octanol–water partition coefficient (Wildman–Crippen LogP) is 2.94. The van der Waals surface area contributed by atoms with Crippen LogP contribution in [-0.4, -0.2) is 63.6 Å². The second-order valence-electron chi connectivity index (χ2n) is 8.65. The lowest BCUT2D eigenvalue weighted by atomic mass is 9.98. The van der Waals surface area contributed by atoms with Crippen LogP contribution < -0.4 is 5.32 Å². The third kappa shape index (κ3) is 12.0. The van der Waals surface area contributed by atoms with Gasteiger partial charge in [-0.05, 0) is 32.1 Å². The first-order chi connectivity index (χ1) is 15.0. The number of allylic oxidation sites excluding steroid dienone is 2. The summed E-state index contributed by atoms with van der Waals surface area (Å²) in [7, 11) is 0. The Bertz CT molecular complexity index is 485. The van der Waals surface area contributed by atoms with Crippen molar-refractivity contribution in [1.82, 2.24) is 5.32 Å². The van der Waals surface area contributed by atoms with Crippen LogP contribution in [0, 0.1) is 0 Å². The summed E-state index contributed by atoms with van der Waals surface area (Å²) in [5, 5.41) is 41.2. The highest BCUT2D eigenvalue weighted by atomic mass is 16.6. The van der Waals surface area contributed by atoms with Crippen LogP contribution in [0.2, 0.25) is 0 Å². The van der Waals surface area contributed by atoms with Gasteiger partial charge in [-0.2, -0.15) is 0 Å². The van der Waals surface area contributed by atoms with Gasteiger partial charge < -0.3 is 30.5 Å². The van der Waals surface area contributed by atoms with Gasteiger partial charge in [0, 0.05) is 6.42 Å². The lowest BCUT2D eigenvalue weighted by Crippen LogP contribution is -2.63. The number of aliphatic hydroxyl groups excluding tert-OH is 4. The van der Waals surface area contributed by atoms with E-state index in [-0.39, 0.29) is 5.91 Å². The molecule has 1 amide bonds. The fourth-order valence-corrected chi connectivity index (χ4v) is 3.81. The number of aliphatic hydroxyl groups is 4. The van der Waals surface area contributed by atoms with Crippen LogP contribution in [0.15, 0.2) is 12.2 Å². The molecule has 1 aliphatic heterocycles. The number of nitrogens with one attached hydrogen (secondary N) is 1. The van der Waals surface area contributed by atoms with E-state index in [1.54, 1.807) is 0 Å². The zero-order valence-corrected chi connectivity index (χ0v) is 19.3. The number of ether oxygens (including phenoxy) is 1. The molecule has 182 valence electrons. The Morgan fingerprint density at radius 2 is 1.35 bits per heavy atom. The Kier molecular flexibility index (Phi) is 15.9. The van der Waals surface area contributed by atoms with Crippen molar-refractivity contribution in [2.45, 2.75) is 127 Å². The third-order valence-corrected chi connectivity index (χ3v) is 5.86. The summed E-state index contributed by atoms with van der Waals surface area (Å²) in [6.45, 7) is 1.73. The van der Waals surface area contributed by atoms with E-state index in [2.05, 4.69) is 24.4 Å². The first kappa shape index (κ1) is 28.0. The van der Waals surface area contributed by atoms with Crippen LogP contribution >= 0.6 is 0 Å². The first-order valence-electron chi connectivity index (χ1n) is 12.3. The summed E-state index contributed by atoms with van der Waals surface area (Å²) in [6, 6.07) is 0. The van der Waals surface area contributed by atoms with Crippen molar-refractivity contribution >= 4 is 5.91 Å². The van der Waals surface area contributed by atoms with Gasteiger partial charge in [0.2, 0.25) is 5.91 Å². The quantitative estimate of drug-likeness (QED) is 0.174. The Hall–Kier alpha value is -0.990. The lowest BCUT2D eigenvalue weighted by molar-refractivity contribution is -0.236. The van der Waals surface area contributed by atoms with Gasteiger partial charge in [0.25, 0.3) is 0 Å². The molecule has 0 saturated carbocycles. The molecule has 1 fully saturated rings. The van der Waals surface area contributed by atoms with Gasteiger partial charge >= 0.3 is 0 Å². The summed E-state index contributed by atoms with van der Waals surface area (Å²) >= 11 is 0. The van der Waals surface area contributed by atoms with Crippen LogP contribution in [0.25, 0.3) is 0 Å². The van der Waals surface area contributed by atoms with Gasteiger partial charge in [0.05, 0.1) is 6.61 Å². The Balaban J connectivity index is 1.98. The van der Waals surface area contributed by atoms with Crippen molar-refractivity contribution in [2.24, 2.45) is 0 Å². The van der Waals surface area contributed by atoms with Gasteiger partial charge in [0.1, 0.15) is 24.4 Å². The molecule has 1 heterocycles. The average Bonchev–Trinajstić information content (AvgIpc) is 2.76. The van der Waals surface area contributed by atoms with E-state index in [0.717, 1.165) is 19.3 Å². The fraction of sp³-hybridized carbons (Fsp3) is 0.875. The summed E-state index contributed by atoms with van der Waals surface area (Å²) in [5.74, 6) is -0.272. The number of rotatable bonds is 17. The smallest absolute Gasteiger partial charge is 0.222 e. The van der Waals surface area contributed by atoms with Gasteiger partial charge in [0.15, 0.2) is 6.23 Å². The molecule has 0 spiro atoms. The Labute approximate surface area is 187 Å². The predicted molar refractivity (Wildman–Crippen MR) is 121 cm³/mol. The highest BCUT2D eigenvalue weighted by molar-refractivity contribution is 5.76. The lowest BCUT2D eigenvalue weighted by Gasteiger charge is -2.40. The van der Waals surface area contributed by atoms with Crippen molar-refractivity contribution in [3.63, 3.8) is 0 Å². The molecule has 7 nitrogen and oxygen atoms in total. The second kappa shape index (κ2) is 17.6. The van der Waals surface area contributed by atoms with E-state index >= 15 is 0 Å². The fourth-order valence-electron chi connectivity index (χ4n) is 3.81. The molecule has 0 aromatic heterocycles. The molecule has 0 aromatic rings. The normalized spacial score (nSPS) is 26.4. The summed E-state index contributed by atoms with van der Waals surface area (Å²) < 4.78 is 5.28. The summed E-state index contributed by atoms with van der Waals surface area (Å²) in [6.07, 6.45) is 13.9. The van der Waals surface area contributed by atoms with Crippen molar-refractivity contribution in [2.75, 3.05) is 6.61 Å². The minimum atomic E-state index is -1.47. The van der Waals surface area contributed by atoms with Crippen molar-refractivity contribution in [3.05, 3.63) is 12.2 Å². The molecule has 0 bridgehead atoms. The van der Waals surface area contributed by atoms with Gasteiger partial charge in [-0.3, -0.25) is 4.79 Å². The molecular weight excluding hydrogens is 398 g/mol. The summed E-state index contributed by atoms with van der Waals surface area (Å²) in [4.78, 5) is 12.1. The standard InChI is InChI=1S/C24H45NO6/c1-2-3-4-5-6-7-8-9-10-11-12-13-14-15-16-17-20(27)25-24-23(30)22(29)21(28)19(18-26)31-24/h7-8,19,21-24,26,28-30H,2-6,9-18H2,1H3,(H,25,27)/b8-7-/t19-,21-,22+,23-,24-/m1/s1. The number of carbonyl (C=O) groups excluding carboxylic acids is 1. The third-order valence-electron chi connectivity index (χ3n) is 5.86. The van der Waals surface area contributed by atoms with E-state index < -0.39 is 37.3 Å². The van der Waals surface area contributed by atoms with Crippen molar-refractivity contribution < 1.29 is 30.0 Å². The molecule has 0 radical (unpaired) electrons. The van der Waals surface area contributed by atoms with Crippen molar-refractivity contribution in [1.29, 1.82) is 0 Å². The van der Waals surface area contributed by atoms with Crippen molar-refractivity contribution in [3.8, 4) is 0 Å². The average molecular weight is 444 g/mol. The van der Waals surface area contributed by atoms with E-state index in [1.807, 2.05) is 0 Å². The number of hydrogen-bond donors (Lipinski definition) is 5. The monoisotopic (exact) mass is 443 g/mol. The largest absolute Gasteiger partial charge is 0.394 e. The van der Waals surface area contributed by atoms with Crippen LogP contribution in [0.5, 0.6) is 0 Å². The number of unbranched alkanes of at least 4 members (excludes halogenated alkanes) is 11. The maximum atomic E-state index is 12.1. The molecule has 1 aliphatic rings. The molecule has 5 atom stereocenters. The van der Waals surface area contributed by atoms with Gasteiger partial charge in [-0.1, -0.05) is 70.4 Å². The maximum Gasteiger partial charge on any atom is 0.222 e. The van der Waals surface area contributed by atoms with Crippen LogP contribution in [0.1, 0.15) is 96.8 Å². The highest BCUT2D eigenvalue weighted by Gasteiger charge is 2.43. The number of carbonyl (C=O) groups is 1. The topological polar surface area (TPSA) is 119 Å². The minimum Gasteiger partial charge on any atom is -0.394 e. The van der Waals surface area contributed by atoms with Crippen LogP contribution in [0.4, 0.5) is 0 Å². The molecule has 0 aliphatic carbocycles. The second-order valence-corrected chi connectivity index (χ2v) is 8.65. The molecule has 7 heteroatoms. The zero-order valence-electron chi connectivity index (χ0n) is 19.3. The van der Waals surface area contributed by atoms with E-state index in [1.165, 1.54) is 64.2 Å². The molecule has 0 unspecified atom stereocenters. The van der Waals surface area contributed by atoms with E-state index in [4.69, 9.17) is 4.74 Å². The first-order valence-corrected chi connectivity index (χ1v) is 12.3. The van der Waals surface area contributed by atoms with Crippen LogP contribution in [-0.2, 0) is 9.53 Å². The molecule has 1 rings (SSSR count). The number of hydrogen-bond acceptors (Lipinski definition) is 6. The molecule has 31 heavy (non-hydrogen) atoms. The molecule has 0 aromatic carbocycles. The highest BCUT2D eigenvalue weighted by Crippen LogP contribution is 2.20. The Morgan fingerprint density at radius 3 is 1.94 bits per heavy atom. The minimum absolute atomic E-state index is 0.272. The van der Waals surface area contributed by atoms with Gasteiger partial charge in [-0.25, -0.2) is 0 Å². The number of amides is 1. The van der Waals surface area contributed by atoms with Gasteiger partial charge in [-0.15, -0.1) is 0 Å². The Morgan fingerprint density at radius 1 is 0.806 bits per heavy atom. The summed E-state index contributed by atoms with van der Waals surface area (Å²) in [5.41, 5.74) is 0.